The molecule has 3 heteroatoms. The fraction of sp³-hybridized carbons (Fsp3) is 0.933. The SMILES string of the molecule is CC1CCC(OC(=O)CC(N)C(C)(C)C)CC1C. The number of carbonyl (C=O) groups excluding carboxylic acids is 1. The lowest BCUT2D eigenvalue weighted by molar-refractivity contribution is -0.152. The minimum absolute atomic E-state index is 0.0482. The summed E-state index contributed by atoms with van der Waals surface area (Å²) < 4.78 is 5.56. The highest BCUT2D eigenvalue weighted by molar-refractivity contribution is 5.70. The van der Waals surface area contributed by atoms with Crippen molar-refractivity contribution in [1.29, 1.82) is 0 Å². The highest BCUT2D eigenvalue weighted by Crippen LogP contribution is 2.31. The fourth-order valence-electron chi connectivity index (χ4n) is 2.32. The van der Waals surface area contributed by atoms with Crippen molar-refractivity contribution in [3.05, 3.63) is 0 Å². The summed E-state index contributed by atoms with van der Waals surface area (Å²) in [6.45, 7) is 10.7. The van der Waals surface area contributed by atoms with Crippen molar-refractivity contribution in [2.45, 2.75) is 72.4 Å². The van der Waals surface area contributed by atoms with Gasteiger partial charge in [-0.1, -0.05) is 34.6 Å². The number of hydrogen-bond acceptors (Lipinski definition) is 3. The Morgan fingerprint density at radius 3 is 2.39 bits per heavy atom. The van der Waals surface area contributed by atoms with Crippen molar-refractivity contribution in [3.63, 3.8) is 0 Å². The van der Waals surface area contributed by atoms with Crippen LogP contribution in [0.1, 0.15) is 60.3 Å². The van der Waals surface area contributed by atoms with Crippen molar-refractivity contribution >= 4 is 5.97 Å². The van der Waals surface area contributed by atoms with Crippen molar-refractivity contribution in [1.82, 2.24) is 0 Å². The average Bonchev–Trinajstić information content (AvgIpc) is 2.22. The molecule has 1 aliphatic carbocycles. The zero-order valence-electron chi connectivity index (χ0n) is 12.5. The van der Waals surface area contributed by atoms with Crippen LogP contribution in [0.15, 0.2) is 0 Å². The highest BCUT2D eigenvalue weighted by Gasteiger charge is 2.29. The smallest absolute Gasteiger partial charge is 0.307 e. The molecule has 0 aromatic rings. The van der Waals surface area contributed by atoms with Gasteiger partial charge in [0.05, 0.1) is 6.42 Å². The van der Waals surface area contributed by atoms with Gasteiger partial charge in [0.15, 0.2) is 0 Å². The van der Waals surface area contributed by atoms with E-state index in [0.717, 1.165) is 25.2 Å². The second-order valence-electron chi connectivity index (χ2n) is 7.06. The summed E-state index contributed by atoms with van der Waals surface area (Å²) in [6, 6.07) is -0.134. The van der Waals surface area contributed by atoms with Crippen molar-refractivity contribution < 1.29 is 9.53 Å². The van der Waals surface area contributed by atoms with Gasteiger partial charge in [-0.05, 0) is 36.5 Å². The number of rotatable bonds is 3. The third-order valence-electron chi connectivity index (χ3n) is 4.35. The van der Waals surface area contributed by atoms with Crippen LogP contribution in [0.5, 0.6) is 0 Å². The molecule has 0 aromatic carbocycles. The number of hydrogen-bond donors (Lipinski definition) is 1. The Bertz CT molecular complexity index is 283. The molecule has 1 fully saturated rings. The van der Waals surface area contributed by atoms with Gasteiger partial charge in [0.25, 0.3) is 0 Å². The molecule has 0 aromatic heterocycles. The van der Waals surface area contributed by atoms with Crippen molar-refractivity contribution in [2.75, 3.05) is 0 Å². The minimum Gasteiger partial charge on any atom is -0.462 e. The first-order chi connectivity index (χ1) is 8.20. The Labute approximate surface area is 111 Å². The van der Waals surface area contributed by atoms with Crippen molar-refractivity contribution in [3.8, 4) is 0 Å². The van der Waals surface area contributed by atoms with Crippen LogP contribution in [-0.4, -0.2) is 18.1 Å². The Morgan fingerprint density at radius 1 is 1.28 bits per heavy atom. The number of esters is 1. The molecule has 2 N–H and O–H groups in total. The first-order valence-corrected chi connectivity index (χ1v) is 7.15. The standard InChI is InChI=1S/C15H29NO2/c1-10-6-7-12(8-11(10)2)18-14(17)9-13(16)15(3,4)5/h10-13H,6-9,16H2,1-5H3. The fourth-order valence-corrected chi connectivity index (χ4v) is 2.32. The zero-order valence-corrected chi connectivity index (χ0v) is 12.5. The number of nitrogens with two attached hydrogens (primary N) is 1. The molecular weight excluding hydrogens is 226 g/mol. The van der Waals surface area contributed by atoms with Crippen LogP contribution in [0, 0.1) is 17.3 Å². The van der Waals surface area contributed by atoms with Gasteiger partial charge in [0, 0.05) is 6.04 Å². The summed E-state index contributed by atoms with van der Waals surface area (Å²) in [5, 5.41) is 0. The van der Waals surface area contributed by atoms with E-state index in [-0.39, 0.29) is 23.5 Å². The molecule has 0 heterocycles. The molecule has 4 atom stereocenters. The number of carbonyl (C=O) groups is 1. The average molecular weight is 255 g/mol. The molecule has 3 nitrogen and oxygen atoms in total. The van der Waals surface area contributed by atoms with Gasteiger partial charge in [-0.2, -0.15) is 0 Å². The third-order valence-corrected chi connectivity index (χ3v) is 4.35. The Kier molecular flexibility index (Phi) is 5.20. The second kappa shape index (κ2) is 6.05. The Balaban J connectivity index is 2.37. The molecule has 0 amide bonds. The van der Waals surface area contributed by atoms with E-state index in [1.165, 1.54) is 0 Å². The molecule has 106 valence electrons. The summed E-state index contributed by atoms with van der Waals surface area (Å²) in [4.78, 5) is 11.9. The van der Waals surface area contributed by atoms with E-state index in [9.17, 15) is 4.79 Å². The molecule has 1 rings (SSSR count). The van der Waals surface area contributed by atoms with Gasteiger partial charge in [0.2, 0.25) is 0 Å². The van der Waals surface area contributed by atoms with Crippen LogP contribution in [-0.2, 0) is 9.53 Å². The van der Waals surface area contributed by atoms with E-state index in [1.807, 2.05) is 0 Å². The molecule has 1 saturated carbocycles. The topological polar surface area (TPSA) is 52.3 Å². The van der Waals surface area contributed by atoms with E-state index in [0.29, 0.717) is 12.3 Å². The normalized spacial score (nSPS) is 30.9. The molecule has 1 aliphatic rings. The van der Waals surface area contributed by atoms with Gasteiger partial charge in [-0.3, -0.25) is 4.79 Å². The quantitative estimate of drug-likeness (QED) is 0.788. The molecule has 0 spiro atoms. The molecule has 0 bridgehead atoms. The summed E-state index contributed by atoms with van der Waals surface area (Å²) in [5.41, 5.74) is 5.96. The maximum absolute atomic E-state index is 11.9. The largest absolute Gasteiger partial charge is 0.462 e. The van der Waals surface area contributed by atoms with Crippen LogP contribution in [0.3, 0.4) is 0 Å². The molecule has 18 heavy (non-hydrogen) atoms. The minimum atomic E-state index is -0.135. The summed E-state index contributed by atoms with van der Waals surface area (Å²) >= 11 is 0. The van der Waals surface area contributed by atoms with Crippen LogP contribution in [0.4, 0.5) is 0 Å². The second-order valence-corrected chi connectivity index (χ2v) is 7.06. The van der Waals surface area contributed by atoms with Crippen LogP contribution in [0.2, 0.25) is 0 Å². The van der Waals surface area contributed by atoms with Gasteiger partial charge < -0.3 is 10.5 Å². The van der Waals surface area contributed by atoms with Crippen LogP contribution in [0.25, 0.3) is 0 Å². The maximum atomic E-state index is 11.9. The van der Waals surface area contributed by atoms with Gasteiger partial charge in [0.1, 0.15) is 6.10 Å². The lowest BCUT2D eigenvalue weighted by atomic mass is 9.80. The molecule has 4 unspecified atom stereocenters. The molecule has 0 radical (unpaired) electrons. The Hall–Kier alpha value is -0.570. The number of ether oxygens (including phenoxy) is 1. The maximum Gasteiger partial charge on any atom is 0.307 e. The Morgan fingerprint density at radius 2 is 1.89 bits per heavy atom. The van der Waals surface area contributed by atoms with E-state index < -0.39 is 0 Å². The van der Waals surface area contributed by atoms with Crippen LogP contribution >= 0.6 is 0 Å². The first-order valence-electron chi connectivity index (χ1n) is 7.15. The lowest BCUT2D eigenvalue weighted by Gasteiger charge is -2.32. The van der Waals surface area contributed by atoms with E-state index in [4.69, 9.17) is 10.5 Å². The third kappa shape index (κ3) is 4.60. The molecule has 0 aliphatic heterocycles. The predicted octanol–water partition coefficient (Wildman–Crippen LogP) is 3.12. The van der Waals surface area contributed by atoms with Gasteiger partial charge >= 0.3 is 5.97 Å². The highest BCUT2D eigenvalue weighted by atomic mass is 16.5. The summed E-state index contributed by atoms with van der Waals surface area (Å²) in [7, 11) is 0. The van der Waals surface area contributed by atoms with Crippen LogP contribution < -0.4 is 5.73 Å². The predicted molar refractivity (Wildman–Crippen MR) is 74.1 cm³/mol. The molecular formula is C15H29NO2. The first kappa shape index (κ1) is 15.5. The van der Waals surface area contributed by atoms with E-state index in [1.54, 1.807) is 0 Å². The lowest BCUT2D eigenvalue weighted by Crippen LogP contribution is -2.38. The van der Waals surface area contributed by atoms with Gasteiger partial charge in [-0.25, -0.2) is 0 Å². The zero-order chi connectivity index (χ0) is 13.9. The monoisotopic (exact) mass is 255 g/mol. The van der Waals surface area contributed by atoms with E-state index in [2.05, 4.69) is 34.6 Å². The summed E-state index contributed by atoms with van der Waals surface area (Å²) in [5.74, 6) is 1.26. The van der Waals surface area contributed by atoms with Crippen molar-refractivity contribution in [2.24, 2.45) is 23.0 Å². The molecule has 0 saturated heterocycles. The van der Waals surface area contributed by atoms with Gasteiger partial charge in [-0.15, -0.1) is 0 Å². The summed E-state index contributed by atoms with van der Waals surface area (Å²) in [6.07, 6.45) is 3.59. The van der Waals surface area contributed by atoms with E-state index >= 15 is 0 Å².